The molecule has 0 saturated carbocycles. The summed E-state index contributed by atoms with van der Waals surface area (Å²) in [6, 6.07) is 2.35. The lowest BCUT2D eigenvalue weighted by atomic mass is 10.0. The molecule has 0 aliphatic carbocycles. The molecule has 0 bridgehead atoms. The summed E-state index contributed by atoms with van der Waals surface area (Å²) >= 11 is 0. The van der Waals surface area contributed by atoms with E-state index < -0.39 is 18.1 Å². The van der Waals surface area contributed by atoms with Crippen molar-refractivity contribution in [3.05, 3.63) is 29.6 Å². The van der Waals surface area contributed by atoms with Gasteiger partial charge < -0.3 is 15.6 Å². The highest BCUT2D eigenvalue weighted by molar-refractivity contribution is 5.76. The van der Waals surface area contributed by atoms with Crippen molar-refractivity contribution < 1.29 is 14.6 Å². The molecule has 16 heavy (non-hydrogen) atoms. The molecule has 0 radical (unpaired) electrons. The zero-order valence-corrected chi connectivity index (χ0v) is 9.38. The van der Waals surface area contributed by atoms with E-state index >= 15 is 0 Å². The molecule has 0 saturated heterocycles. The highest BCUT2D eigenvalue weighted by Crippen LogP contribution is 2.15. The van der Waals surface area contributed by atoms with Crippen molar-refractivity contribution in [3.63, 3.8) is 0 Å². The molecule has 3 N–H and O–H groups in total. The fourth-order valence-electron chi connectivity index (χ4n) is 1.23. The highest BCUT2D eigenvalue weighted by Gasteiger charge is 2.25. The molecule has 5 heteroatoms. The molecule has 88 valence electrons. The summed E-state index contributed by atoms with van der Waals surface area (Å²) in [6.45, 7) is 3.76. The van der Waals surface area contributed by atoms with Crippen LogP contribution in [-0.4, -0.2) is 28.7 Å². The number of esters is 1. The maximum atomic E-state index is 11.3. The topological polar surface area (TPSA) is 85.4 Å². The predicted octanol–water partition coefficient (Wildman–Crippen LogP) is 0.314. The minimum absolute atomic E-state index is 0.241. The number of carbonyl (C=O) groups is 1. The van der Waals surface area contributed by atoms with E-state index in [-0.39, 0.29) is 6.61 Å². The lowest BCUT2D eigenvalue weighted by Crippen LogP contribution is -2.38. The van der Waals surface area contributed by atoms with E-state index in [1.807, 2.05) is 6.92 Å². The van der Waals surface area contributed by atoms with Gasteiger partial charge in [0.25, 0.3) is 0 Å². The summed E-state index contributed by atoms with van der Waals surface area (Å²) in [6.07, 6.45) is 0.408. The van der Waals surface area contributed by atoms with Crippen molar-refractivity contribution in [2.75, 3.05) is 6.61 Å². The second-order valence-electron chi connectivity index (χ2n) is 3.46. The number of aliphatic hydroxyl groups is 1. The first kappa shape index (κ1) is 12.6. The quantitative estimate of drug-likeness (QED) is 0.719. The number of hydrogen-bond acceptors (Lipinski definition) is 5. The summed E-state index contributed by atoms with van der Waals surface area (Å²) in [4.78, 5) is 15.3. The summed E-state index contributed by atoms with van der Waals surface area (Å²) in [5, 5.41) is 9.81. The standard InChI is InChI=1S/C11H16N2O3/c1-3-16-11(15)9(12)10(14)8-5-4-7(2)13-6-8/h4-6,9-10,14H,3,12H2,1-2H3. The molecule has 2 unspecified atom stereocenters. The number of nitrogens with zero attached hydrogens (tertiary/aromatic N) is 1. The Morgan fingerprint density at radius 3 is 2.81 bits per heavy atom. The first-order valence-electron chi connectivity index (χ1n) is 5.09. The Morgan fingerprint density at radius 2 is 2.31 bits per heavy atom. The first-order chi connectivity index (χ1) is 7.56. The van der Waals surface area contributed by atoms with E-state index in [9.17, 15) is 9.90 Å². The van der Waals surface area contributed by atoms with E-state index in [1.54, 1.807) is 19.1 Å². The zero-order valence-electron chi connectivity index (χ0n) is 9.38. The van der Waals surface area contributed by atoms with E-state index in [1.165, 1.54) is 6.20 Å². The van der Waals surface area contributed by atoms with Gasteiger partial charge in [-0.25, -0.2) is 0 Å². The SMILES string of the molecule is CCOC(=O)C(N)C(O)c1ccc(C)nc1. The summed E-state index contributed by atoms with van der Waals surface area (Å²) in [5.74, 6) is -0.615. The molecule has 0 fully saturated rings. The first-order valence-corrected chi connectivity index (χ1v) is 5.09. The Labute approximate surface area is 94.2 Å². The van der Waals surface area contributed by atoms with Crippen LogP contribution in [0.15, 0.2) is 18.3 Å². The van der Waals surface area contributed by atoms with Crippen molar-refractivity contribution in [2.24, 2.45) is 5.73 Å². The van der Waals surface area contributed by atoms with Crippen molar-refractivity contribution in [3.8, 4) is 0 Å². The van der Waals surface area contributed by atoms with Crippen LogP contribution in [0.5, 0.6) is 0 Å². The zero-order chi connectivity index (χ0) is 12.1. The molecule has 1 aromatic rings. The smallest absolute Gasteiger partial charge is 0.325 e. The van der Waals surface area contributed by atoms with Gasteiger partial charge in [-0.2, -0.15) is 0 Å². The lowest BCUT2D eigenvalue weighted by molar-refractivity contribution is -0.147. The number of aromatic nitrogens is 1. The van der Waals surface area contributed by atoms with Gasteiger partial charge in [-0.15, -0.1) is 0 Å². The fraction of sp³-hybridized carbons (Fsp3) is 0.455. The van der Waals surface area contributed by atoms with Gasteiger partial charge in [0.1, 0.15) is 12.1 Å². The van der Waals surface area contributed by atoms with Gasteiger partial charge >= 0.3 is 5.97 Å². The number of nitrogens with two attached hydrogens (primary N) is 1. The van der Waals surface area contributed by atoms with Crippen molar-refractivity contribution >= 4 is 5.97 Å². The van der Waals surface area contributed by atoms with Crippen LogP contribution in [0.2, 0.25) is 0 Å². The molecule has 1 aromatic heterocycles. The molecule has 0 aliphatic heterocycles. The molecule has 2 atom stereocenters. The fourth-order valence-corrected chi connectivity index (χ4v) is 1.23. The highest BCUT2D eigenvalue weighted by atomic mass is 16.5. The second-order valence-corrected chi connectivity index (χ2v) is 3.46. The van der Waals surface area contributed by atoms with Crippen LogP contribution in [0.3, 0.4) is 0 Å². The number of rotatable bonds is 4. The Morgan fingerprint density at radius 1 is 1.62 bits per heavy atom. The minimum atomic E-state index is -1.09. The van der Waals surface area contributed by atoms with Crippen LogP contribution >= 0.6 is 0 Å². The van der Waals surface area contributed by atoms with Gasteiger partial charge in [-0.3, -0.25) is 9.78 Å². The van der Waals surface area contributed by atoms with Crippen LogP contribution in [0.1, 0.15) is 24.3 Å². The monoisotopic (exact) mass is 224 g/mol. The molecule has 0 aromatic carbocycles. The molecule has 0 aliphatic rings. The van der Waals surface area contributed by atoms with Crippen molar-refractivity contribution in [2.45, 2.75) is 26.0 Å². The van der Waals surface area contributed by atoms with Crippen LogP contribution in [0.25, 0.3) is 0 Å². The van der Waals surface area contributed by atoms with Crippen LogP contribution < -0.4 is 5.73 Å². The number of hydrogen-bond donors (Lipinski definition) is 2. The summed E-state index contributed by atoms with van der Waals surface area (Å²) in [5.41, 5.74) is 6.90. The van der Waals surface area contributed by atoms with E-state index in [4.69, 9.17) is 10.5 Å². The normalized spacial score (nSPS) is 14.2. The average Bonchev–Trinajstić information content (AvgIpc) is 2.28. The lowest BCUT2D eigenvalue weighted by Gasteiger charge is -2.17. The van der Waals surface area contributed by atoms with Crippen LogP contribution in [0.4, 0.5) is 0 Å². The van der Waals surface area contributed by atoms with Gasteiger partial charge in [-0.05, 0) is 19.9 Å². The third kappa shape index (κ3) is 3.01. The van der Waals surface area contributed by atoms with E-state index in [0.29, 0.717) is 5.56 Å². The van der Waals surface area contributed by atoms with Crippen molar-refractivity contribution in [1.82, 2.24) is 4.98 Å². The number of aryl methyl sites for hydroxylation is 1. The Bertz CT molecular complexity index is 351. The summed E-state index contributed by atoms with van der Waals surface area (Å²) < 4.78 is 4.73. The maximum Gasteiger partial charge on any atom is 0.325 e. The maximum absolute atomic E-state index is 11.3. The van der Waals surface area contributed by atoms with Gasteiger partial charge in [-0.1, -0.05) is 6.07 Å². The number of pyridine rings is 1. The third-order valence-corrected chi connectivity index (χ3v) is 2.17. The molecular weight excluding hydrogens is 208 g/mol. The molecule has 1 rings (SSSR count). The largest absolute Gasteiger partial charge is 0.465 e. The number of carbonyl (C=O) groups excluding carboxylic acids is 1. The second kappa shape index (κ2) is 5.58. The number of aliphatic hydroxyl groups excluding tert-OH is 1. The minimum Gasteiger partial charge on any atom is -0.465 e. The summed E-state index contributed by atoms with van der Waals surface area (Å²) in [7, 11) is 0. The van der Waals surface area contributed by atoms with Crippen LogP contribution in [0, 0.1) is 6.92 Å². The van der Waals surface area contributed by atoms with Crippen molar-refractivity contribution in [1.29, 1.82) is 0 Å². The van der Waals surface area contributed by atoms with E-state index in [0.717, 1.165) is 5.69 Å². The van der Waals surface area contributed by atoms with Gasteiger partial charge in [0.15, 0.2) is 0 Å². The van der Waals surface area contributed by atoms with E-state index in [2.05, 4.69) is 4.98 Å². The Balaban J connectivity index is 2.73. The van der Waals surface area contributed by atoms with Gasteiger partial charge in [0.05, 0.1) is 6.61 Å². The molecule has 5 nitrogen and oxygen atoms in total. The average molecular weight is 224 g/mol. The molecule has 0 amide bonds. The Hall–Kier alpha value is -1.46. The molecular formula is C11H16N2O3. The third-order valence-electron chi connectivity index (χ3n) is 2.17. The predicted molar refractivity (Wildman–Crippen MR) is 58.5 cm³/mol. The van der Waals surface area contributed by atoms with Gasteiger partial charge in [0.2, 0.25) is 0 Å². The van der Waals surface area contributed by atoms with Crippen LogP contribution in [-0.2, 0) is 9.53 Å². The van der Waals surface area contributed by atoms with Gasteiger partial charge in [0, 0.05) is 17.5 Å². The Kier molecular flexibility index (Phi) is 4.39. The molecule has 0 spiro atoms. The number of ether oxygens (including phenoxy) is 1. The molecule has 1 heterocycles.